The Bertz CT molecular complexity index is 646. The molecule has 5 nitrogen and oxygen atoms in total. The van der Waals surface area contributed by atoms with Crippen molar-refractivity contribution in [2.75, 3.05) is 12.8 Å². The van der Waals surface area contributed by atoms with Crippen molar-refractivity contribution in [1.29, 1.82) is 5.26 Å². The van der Waals surface area contributed by atoms with Crippen molar-refractivity contribution in [3.05, 3.63) is 41.1 Å². The van der Waals surface area contributed by atoms with Crippen LogP contribution in [0.1, 0.15) is 16.8 Å². The van der Waals surface area contributed by atoms with Crippen LogP contribution >= 0.6 is 11.8 Å². The average molecular weight is 286 g/mol. The number of rotatable bonds is 4. The van der Waals surface area contributed by atoms with Crippen molar-refractivity contribution in [3.63, 3.8) is 0 Å². The molecule has 0 unspecified atom stereocenters. The number of thioether (sulfide) groups is 1. The van der Waals surface area contributed by atoms with Crippen molar-refractivity contribution in [2.45, 2.75) is 17.8 Å². The lowest BCUT2D eigenvalue weighted by atomic mass is 10.1. The van der Waals surface area contributed by atoms with E-state index in [0.717, 1.165) is 17.0 Å². The molecule has 0 radical (unpaired) electrons. The van der Waals surface area contributed by atoms with Gasteiger partial charge in [0.2, 0.25) is 0 Å². The highest BCUT2D eigenvalue weighted by molar-refractivity contribution is 7.98. The minimum Gasteiger partial charge on any atom is -0.496 e. The zero-order chi connectivity index (χ0) is 14.5. The smallest absolute Gasteiger partial charge is 0.190 e. The average Bonchev–Trinajstić information content (AvgIpc) is 2.43. The van der Waals surface area contributed by atoms with Crippen molar-refractivity contribution in [3.8, 4) is 11.8 Å². The molecular formula is C14H14N4OS. The molecule has 0 aliphatic rings. The van der Waals surface area contributed by atoms with Gasteiger partial charge in [0.15, 0.2) is 5.16 Å². The zero-order valence-electron chi connectivity index (χ0n) is 11.3. The van der Waals surface area contributed by atoms with Gasteiger partial charge in [-0.1, -0.05) is 11.8 Å². The maximum atomic E-state index is 8.94. The fourth-order valence-electron chi connectivity index (χ4n) is 1.73. The number of nitrogens with zero attached hydrogens (tertiary/aromatic N) is 3. The van der Waals surface area contributed by atoms with E-state index in [2.05, 4.69) is 16.0 Å². The number of anilines is 1. The fraction of sp³-hybridized carbons (Fsp3) is 0.214. The lowest BCUT2D eigenvalue weighted by molar-refractivity contribution is 0.411. The van der Waals surface area contributed by atoms with Gasteiger partial charge >= 0.3 is 0 Å². The summed E-state index contributed by atoms with van der Waals surface area (Å²) in [5, 5.41) is 9.56. The van der Waals surface area contributed by atoms with Crippen LogP contribution in [0.5, 0.6) is 5.75 Å². The van der Waals surface area contributed by atoms with Gasteiger partial charge in [0, 0.05) is 23.1 Å². The van der Waals surface area contributed by atoms with Crippen molar-refractivity contribution in [2.24, 2.45) is 0 Å². The largest absolute Gasteiger partial charge is 0.496 e. The summed E-state index contributed by atoms with van der Waals surface area (Å²) in [6.45, 7) is 1.87. The highest BCUT2D eigenvalue weighted by Crippen LogP contribution is 2.27. The number of benzene rings is 1. The standard InChI is InChI=1S/C14H14N4OS/c1-9-5-13(16)18-14(17-9)20-8-11-6-10(7-15)3-4-12(11)19-2/h3-6H,8H2,1-2H3,(H2,16,17,18). The summed E-state index contributed by atoms with van der Waals surface area (Å²) in [5.41, 5.74) is 8.06. The van der Waals surface area contributed by atoms with E-state index < -0.39 is 0 Å². The van der Waals surface area contributed by atoms with Gasteiger partial charge < -0.3 is 10.5 Å². The zero-order valence-corrected chi connectivity index (χ0v) is 12.1. The van der Waals surface area contributed by atoms with Crippen molar-refractivity contribution < 1.29 is 4.74 Å². The van der Waals surface area contributed by atoms with Crippen LogP contribution in [0.15, 0.2) is 29.4 Å². The first-order chi connectivity index (χ1) is 9.62. The highest BCUT2D eigenvalue weighted by Gasteiger charge is 2.07. The lowest BCUT2D eigenvalue weighted by Gasteiger charge is -2.08. The van der Waals surface area contributed by atoms with Gasteiger partial charge in [0.1, 0.15) is 11.6 Å². The molecule has 0 spiro atoms. The van der Waals surface area contributed by atoms with Crippen LogP contribution in [0.25, 0.3) is 0 Å². The molecule has 2 N–H and O–H groups in total. The van der Waals surface area contributed by atoms with E-state index in [-0.39, 0.29) is 0 Å². The lowest BCUT2D eigenvalue weighted by Crippen LogP contribution is -1.97. The molecule has 0 saturated carbocycles. The van der Waals surface area contributed by atoms with Crippen LogP contribution in [0.4, 0.5) is 5.82 Å². The van der Waals surface area contributed by atoms with Crippen molar-refractivity contribution in [1.82, 2.24) is 9.97 Å². The summed E-state index contributed by atoms with van der Waals surface area (Å²) >= 11 is 1.46. The molecule has 1 aromatic heterocycles. The molecule has 1 heterocycles. The van der Waals surface area contributed by atoms with E-state index >= 15 is 0 Å². The Morgan fingerprint density at radius 2 is 2.15 bits per heavy atom. The van der Waals surface area contributed by atoms with Crippen LogP contribution in [-0.2, 0) is 5.75 Å². The Morgan fingerprint density at radius 1 is 1.35 bits per heavy atom. The van der Waals surface area contributed by atoms with Gasteiger partial charge in [-0.15, -0.1) is 0 Å². The Labute approximate surface area is 121 Å². The normalized spacial score (nSPS) is 10.1. The first-order valence-corrected chi connectivity index (χ1v) is 6.92. The SMILES string of the molecule is COc1ccc(C#N)cc1CSc1nc(C)cc(N)n1. The number of hydrogen-bond acceptors (Lipinski definition) is 6. The summed E-state index contributed by atoms with van der Waals surface area (Å²) in [6, 6.07) is 9.17. The van der Waals surface area contributed by atoms with E-state index in [1.807, 2.05) is 13.0 Å². The van der Waals surface area contributed by atoms with E-state index in [1.54, 1.807) is 25.3 Å². The monoisotopic (exact) mass is 286 g/mol. The Hall–Kier alpha value is -2.26. The molecule has 0 atom stereocenters. The molecule has 2 aromatic rings. The third kappa shape index (κ3) is 3.39. The van der Waals surface area contributed by atoms with Crippen LogP contribution < -0.4 is 10.5 Å². The third-order valence-electron chi connectivity index (χ3n) is 2.62. The fourth-order valence-corrected chi connectivity index (χ4v) is 2.62. The van der Waals surface area contributed by atoms with E-state index in [4.69, 9.17) is 15.7 Å². The second-order valence-electron chi connectivity index (χ2n) is 4.14. The number of hydrogen-bond donors (Lipinski definition) is 1. The van der Waals surface area contributed by atoms with E-state index in [9.17, 15) is 0 Å². The number of aryl methyl sites for hydroxylation is 1. The Balaban J connectivity index is 2.19. The highest BCUT2D eigenvalue weighted by atomic mass is 32.2. The number of methoxy groups -OCH3 is 1. The topological polar surface area (TPSA) is 84.8 Å². The number of nitrogen functional groups attached to an aromatic ring is 1. The molecule has 0 fully saturated rings. The van der Waals surface area contributed by atoms with Gasteiger partial charge in [0.05, 0.1) is 18.7 Å². The molecule has 0 bridgehead atoms. The molecule has 1 aromatic carbocycles. The number of ether oxygens (including phenoxy) is 1. The predicted octanol–water partition coefficient (Wildman–Crippen LogP) is 2.54. The summed E-state index contributed by atoms with van der Waals surface area (Å²) in [5.74, 6) is 1.82. The molecule has 0 saturated heterocycles. The minimum atomic E-state index is 0.456. The Morgan fingerprint density at radius 3 is 2.80 bits per heavy atom. The van der Waals surface area contributed by atoms with Crippen LogP contribution in [-0.4, -0.2) is 17.1 Å². The molecular weight excluding hydrogens is 272 g/mol. The summed E-state index contributed by atoms with van der Waals surface area (Å²) in [6.07, 6.45) is 0. The van der Waals surface area contributed by atoms with Gasteiger partial charge in [0.25, 0.3) is 0 Å². The Kier molecular flexibility index (Phi) is 4.43. The second kappa shape index (κ2) is 6.26. The first kappa shape index (κ1) is 14.2. The molecule has 0 aliphatic heterocycles. The minimum absolute atomic E-state index is 0.456. The number of aromatic nitrogens is 2. The van der Waals surface area contributed by atoms with Crippen LogP contribution in [0, 0.1) is 18.3 Å². The molecule has 0 amide bonds. The quantitative estimate of drug-likeness (QED) is 0.686. The third-order valence-corrected chi connectivity index (χ3v) is 3.52. The maximum Gasteiger partial charge on any atom is 0.190 e. The summed E-state index contributed by atoms with van der Waals surface area (Å²) < 4.78 is 5.29. The number of nitriles is 1. The number of nitrogens with two attached hydrogens (primary N) is 1. The van der Waals surface area contributed by atoms with Gasteiger partial charge in [-0.3, -0.25) is 0 Å². The summed E-state index contributed by atoms with van der Waals surface area (Å²) in [4.78, 5) is 8.48. The van der Waals surface area contributed by atoms with Crippen molar-refractivity contribution >= 4 is 17.6 Å². The van der Waals surface area contributed by atoms with Gasteiger partial charge in [-0.05, 0) is 25.1 Å². The summed E-state index contributed by atoms with van der Waals surface area (Å²) in [7, 11) is 1.61. The van der Waals surface area contributed by atoms with Crippen LogP contribution in [0.2, 0.25) is 0 Å². The van der Waals surface area contributed by atoms with Gasteiger partial charge in [-0.2, -0.15) is 5.26 Å². The molecule has 102 valence electrons. The van der Waals surface area contributed by atoms with Crippen LogP contribution in [0.3, 0.4) is 0 Å². The van der Waals surface area contributed by atoms with E-state index in [1.165, 1.54) is 11.8 Å². The molecule has 6 heteroatoms. The first-order valence-electron chi connectivity index (χ1n) is 5.93. The molecule has 0 aliphatic carbocycles. The van der Waals surface area contributed by atoms with E-state index in [0.29, 0.717) is 22.3 Å². The maximum absolute atomic E-state index is 8.94. The second-order valence-corrected chi connectivity index (χ2v) is 5.09. The predicted molar refractivity (Wildman–Crippen MR) is 78.5 cm³/mol. The molecule has 2 rings (SSSR count). The van der Waals surface area contributed by atoms with Gasteiger partial charge in [-0.25, -0.2) is 9.97 Å². The molecule has 20 heavy (non-hydrogen) atoms.